The van der Waals surface area contributed by atoms with Gasteiger partial charge in [0.2, 0.25) is 5.91 Å². The Morgan fingerprint density at radius 3 is 2.00 bits per heavy atom. The van der Waals surface area contributed by atoms with Gasteiger partial charge in [0.15, 0.2) is 0 Å². The third-order valence-electron chi connectivity index (χ3n) is 4.97. The number of anilines is 3. The van der Waals surface area contributed by atoms with Crippen molar-refractivity contribution < 1.29 is 27.6 Å². The fourth-order valence-corrected chi connectivity index (χ4v) is 3.21. The van der Waals surface area contributed by atoms with Crippen LogP contribution in [0.4, 0.5) is 30.2 Å². The number of carbonyl (C=O) groups is 3. The molecule has 0 heterocycles. The largest absolute Gasteiger partial charge is 0.416 e. The highest BCUT2D eigenvalue weighted by Crippen LogP contribution is 2.30. The molecular weight excluding hydrogens is 473 g/mol. The van der Waals surface area contributed by atoms with E-state index in [1.54, 1.807) is 36.4 Å². The van der Waals surface area contributed by atoms with E-state index in [4.69, 9.17) is 0 Å². The zero-order valence-electron chi connectivity index (χ0n) is 19.4. The molecule has 0 spiro atoms. The molecule has 3 rings (SSSR count). The molecule has 3 aromatic carbocycles. The SMILES string of the molecule is CCCNC(=O)c1cccc(NC(=O)CNc2cccc(C(=O)Nc3cccc(C(F)(F)F)c3)c2)c1. The van der Waals surface area contributed by atoms with E-state index in [2.05, 4.69) is 21.3 Å². The second-order valence-corrected chi connectivity index (χ2v) is 7.85. The first-order valence-corrected chi connectivity index (χ1v) is 11.2. The monoisotopic (exact) mass is 498 g/mol. The van der Waals surface area contributed by atoms with Gasteiger partial charge >= 0.3 is 6.18 Å². The molecule has 0 saturated carbocycles. The van der Waals surface area contributed by atoms with Gasteiger partial charge in [-0.2, -0.15) is 13.2 Å². The second kappa shape index (κ2) is 11.9. The summed E-state index contributed by atoms with van der Waals surface area (Å²) in [5, 5.41) is 10.8. The lowest BCUT2D eigenvalue weighted by Gasteiger charge is -2.11. The number of hydrogen-bond acceptors (Lipinski definition) is 4. The first-order valence-electron chi connectivity index (χ1n) is 11.2. The number of benzene rings is 3. The minimum atomic E-state index is -4.52. The normalized spacial score (nSPS) is 10.9. The Morgan fingerprint density at radius 1 is 0.750 bits per heavy atom. The Kier molecular flexibility index (Phi) is 8.66. The summed E-state index contributed by atoms with van der Waals surface area (Å²) in [6.45, 7) is 2.38. The van der Waals surface area contributed by atoms with E-state index in [0.717, 1.165) is 18.6 Å². The van der Waals surface area contributed by atoms with Gasteiger partial charge in [-0.25, -0.2) is 0 Å². The zero-order valence-corrected chi connectivity index (χ0v) is 19.4. The molecule has 0 aliphatic rings. The maximum Gasteiger partial charge on any atom is 0.416 e. The summed E-state index contributed by atoms with van der Waals surface area (Å²) in [6, 6.07) is 17.1. The number of carbonyl (C=O) groups excluding carboxylic acids is 3. The maximum absolute atomic E-state index is 12.9. The molecule has 0 fully saturated rings. The topological polar surface area (TPSA) is 99.3 Å². The van der Waals surface area contributed by atoms with Crippen molar-refractivity contribution in [1.82, 2.24) is 5.32 Å². The molecule has 0 bridgehead atoms. The summed E-state index contributed by atoms with van der Waals surface area (Å²) >= 11 is 0. The Bertz CT molecular complexity index is 1240. The molecule has 0 saturated heterocycles. The van der Waals surface area contributed by atoms with Crippen LogP contribution in [0.25, 0.3) is 0 Å². The van der Waals surface area contributed by atoms with E-state index < -0.39 is 17.6 Å². The van der Waals surface area contributed by atoms with E-state index in [-0.39, 0.29) is 29.6 Å². The number of halogens is 3. The smallest absolute Gasteiger partial charge is 0.376 e. The van der Waals surface area contributed by atoms with E-state index in [1.807, 2.05) is 6.92 Å². The fraction of sp³-hybridized carbons (Fsp3) is 0.192. The van der Waals surface area contributed by atoms with Gasteiger partial charge < -0.3 is 21.3 Å². The van der Waals surface area contributed by atoms with Gasteiger partial charge in [0.05, 0.1) is 12.1 Å². The minimum absolute atomic E-state index is 0.0122. The molecule has 0 atom stereocenters. The van der Waals surface area contributed by atoms with Crippen LogP contribution in [-0.4, -0.2) is 30.8 Å². The summed E-state index contributed by atoms with van der Waals surface area (Å²) < 4.78 is 38.7. The predicted octanol–water partition coefficient (Wildman–Crippen LogP) is 5.15. The molecule has 10 heteroatoms. The van der Waals surface area contributed by atoms with Crippen molar-refractivity contribution in [3.63, 3.8) is 0 Å². The van der Waals surface area contributed by atoms with Crippen molar-refractivity contribution in [2.75, 3.05) is 29.0 Å². The van der Waals surface area contributed by atoms with Gasteiger partial charge in [-0.15, -0.1) is 0 Å². The van der Waals surface area contributed by atoms with Gasteiger partial charge in [-0.1, -0.05) is 25.1 Å². The van der Waals surface area contributed by atoms with Crippen molar-refractivity contribution in [3.05, 3.63) is 89.5 Å². The lowest BCUT2D eigenvalue weighted by atomic mass is 10.1. The highest BCUT2D eigenvalue weighted by atomic mass is 19.4. The van der Waals surface area contributed by atoms with Crippen LogP contribution < -0.4 is 21.3 Å². The van der Waals surface area contributed by atoms with Crippen LogP contribution in [0, 0.1) is 0 Å². The molecule has 188 valence electrons. The van der Waals surface area contributed by atoms with Crippen molar-refractivity contribution in [1.29, 1.82) is 0 Å². The van der Waals surface area contributed by atoms with E-state index in [9.17, 15) is 27.6 Å². The van der Waals surface area contributed by atoms with Crippen LogP contribution in [0.2, 0.25) is 0 Å². The van der Waals surface area contributed by atoms with Crippen molar-refractivity contribution in [2.45, 2.75) is 19.5 Å². The number of hydrogen-bond donors (Lipinski definition) is 4. The van der Waals surface area contributed by atoms with E-state index >= 15 is 0 Å². The van der Waals surface area contributed by atoms with E-state index in [1.165, 1.54) is 24.3 Å². The van der Waals surface area contributed by atoms with Crippen LogP contribution in [0.15, 0.2) is 72.8 Å². The molecule has 7 nitrogen and oxygen atoms in total. The summed E-state index contributed by atoms with van der Waals surface area (Å²) in [7, 11) is 0. The van der Waals surface area contributed by atoms with Crippen LogP contribution in [-0.2, 0) is 11.0 Å². The summed E-state index contributed by atoms with van der Waals surface area (Å²) in [4.78, 5) is 37.0. The quantitative estimate of drug-likeness (QED) is 0.328. The lowest BCUT2D eigenvalue weighted by molar-refractivity contribution is -0.137. The first kappa shape index (κ1) is 26.3. The first-order chi connectivity index (χ1) is 17.2. The third kappa shape index (κ3) is 7.59. The molecule has 0 aliphatic heterocycles. The van der Waals surface area contributed by atoms with Crippen LogP contribution >= 0.6 is 0 Å². The molecular formula is C26H25F3N4O3. The van der Waals surface area contributed by atoms with Crippen LogP contribution in [0.5, 0.6) is 0 Å². The highest BCUT2D eigenvalue weighted by molar-refractivity contribution is 6.05. The Balaban J connectivity index is 1.57. The van der Waals surface area contributed by atoms with Gasteiger partial charge in [0, 0.05) is 34.7 Å². The van der Waals surface area contributed by atoms with Crippen molar-refractivity contribution in [3.8, 4) is 0 Å². The fourth-order valence-electron chi connectivity index (χ4n) is 3.21. The summed E-state index contributed by atoms with van der Waals surface area (Å²) in [6.07, 6.45) is -3.71. The Labute approximate surface area is 206 Å². The molecule has 0 aliphatic carbocycles. The third-order valence-corrected chi connectivity index (χ3v) is 4.97. The van der Waals surface area contributed by atoms with Gasteiger partial charge in [0.25, 0.3) is 11.8 Å². The molecule has 0 unspecified atom stereocenters. The predicted molar refractivity (Wildman–Crippen MR) is 132 cm³/mol. The zero-order chi connectivity index (χ0) is 26.1. The Hall–Kier alpha value is -4.34. The average Bonchev–Trinajstić information content (AvgIpc) is 2.86. The van der Waals surface area contributed by atoms with Gasteiger partial charge in [-0.3, -0.25) is 14.4 Å². The highest BCUT2D eigenvalue weighted by Gasteiger charge is 2.30. The maximum atomic E-state index is 12.9. The summed E-state index contributed by atoms with van der Waals surface area (Å²) in [5.41, 5.74) is 0.694. The number of amides is 3. The molecule has 0 aromatic heterocycles. The molecule has 3 aromatic rings. The van der Waals surface area contributed by atoms with Crippen LogP contribution in [0.1, 0.15) is 39.6 Å². The molecule has 3 amide bonds. The number of rotatable bonds is 9. The molecule has 0 radical (unpaired) electrons. The van der Waals surface area contributed by atoms with Crippen LogP contribution in [0.3, 0.4) is 0 Å². The minimum Gasteiger partial charge on any atom is -0.376 e. The number of alkyl halides is 3. The van der Waals surface area contributed by atoms with Gasteiger partial charge in [-0.05, 0) is 61.0 Å². The number of nitrogens with one attached hydrogen (secondary N) is 4. The second-order valence-electron chi connectivity index (χ2n) is 7.85. The standard InChI is InChI=1S/C26H25F3N4O3/c1-2-12-30-24(35)17-6-4-10-21(14-17)32-23(34)16-31-20-9-3-7-18(13-20)25(36)33-22-11-5-8-19(15-22)26(27,28)29/h3-11,13-15,31H,2,12,16H2,1H3,(H,30,35)(H,32,34)(H,33,36). The molecule has 36 heavy (non-hydrogen) atoms. The Morgan fingerprint density at radius 2 is 1.33 bits per heavy atom. The van der Waals surface area contributed by atoms with Gasteiger partial charge in [0.1, 0.15) is 0 Å². The average molecular weight is 499 g/mol. The van der Waals surface area contributed by atoms with Crippen molar-refractivity contribution >= 4 is 34.8 Å². The molecule has 4 N–H and O–H groups in total. The summed E-state index contributed by atoms with van der Waals surface area (Å²) in [5.74, 6) is -1.20. The van der Waals surface area contributed by atoms with Crippen molar-refractivity contribution in [2.24, 2.45) is 0 Å². The van der Waals surface area contributed by atoms with E-state index in [0.29, 0.717) is 23.5 Å². The lowest BCUT2D eigenvalue weighted by Crippen LogP contribution is -2.25.